The van der Waals surface area contributed by atoms with E-state index in [-0.39, 0.29) is 36.0 Å². The number of anilines is 1. The lowest BCUT2D eigenvalue weighted by Gasteiger charge is -2.38. The lowest BCUT2D eigenvalue weighted by molar-refractivity contribution is -0.134. The number of sulfone groups is 1. The van der Waals surface area contributed by atoms with Gasteiger partial charge in [0.1, 0.15) is 0 Å². The summed E-state index contributed by atoms with van der Waals surface area (Å²) in [7, 11) is -2.99. The summed E-state index contributed by atoms with van der Waals surface area (Å²) in [6.45, 7) is 0.219. The molecule has 0 aromatic heterocycles. The summed E-state index contributed by atoms with van der Waals surface area (Å²) in [5, 5.41) is 3.17. The highest BCUT2D eigenvalue weighted by atomic mass is 32.2. The first-order valence-corrected chi connectivity index (χ1v) is 10.7. The van der Waals surface area contributed by atoms with E-state index in [1.807, 2.05) is 35.2 Å². The number of hydrogen-bond donors (Lipinski definition) is 1. The summed E-state index contributed by atoms with van der Waals surface area (Å²) >= 11 is 0. The molecule has 1 heterocycles. The van der Waals surface area contributed by atoms with Crippen LogP contribution >= 0.6 is 0 Å². The first kappa shape index (κ1) is 17.3. The molecular weight excluding hydrogens is 324 g/mol. The van der Waals surface area contributed by atoms with Gasteiger partial charge in [-0.15, -0.1) is 0 Å². The van der Waals surface area contributed by atoms with Gasteiger partial charge in [0, 0.05) is 17.8 Å². The number of benzene rings is 1. The topological polar surface area (TPSA) is 66.5 Å². The van der Waals surface area contributed by atoms with Crippen LogP contribution in [0.1, 0.15) is 38.5 Å². The van der Waals surface area contributed by atoms with Crippen molar-refractivity contribution in [2.75, 3.05) is 23.4 Å². The van der Waals surface area contributed by atoms with Crippen LogP contribution in [0, 0.1) is 0 Å². The molecular formula is C18H26N2O3S. The van der Waals surface area contributed by atoms with E-state index in [1.165, 1.54) is 6.42 Å². The lowest BCUT2D eigenvalue weighted by Crippen LogP contribution is -2.50. The van der Waals surface area contributed by atoms with Crippen molar-refractivity contribution in [3.05, 3.63) is 30.3 Å². The molecule has 132 valence electrons. The second-order valence-electron chi connectivity index (χ2n) is 6.87. The van der Waals surface area contributed by atoms with Gasteiger partial charge < -0.3 is 10.2 Å². The largest absolute Gasteiger partial charge is 0.376 e. The lowest BCUT2D eigenvalue weighted by atomic mass is 9.93. The van der Waals surface area contributed by atoms with E-state index >= 15 is 0 Å². The van der Waals surface area contributed by atoms with Crippen molar-refractivity contribution >= 4 is 21.4 Å². The van der Waals surface area contributed by atoms with Gasteiger partial charge in [0.05, 0.1) is 18.1 Å². The van der Waals surface area contributed by atoms with E-state index in [0.29, 0.717) is 6.42 Å². The quantitative estimate of drug-likeness (QED) is 0.886. The molecule has 5 nitrogen and oxygen atoms in total. The van der Waals surface area contributed by atoms with Gasteiger partial charge in [0.25, 0.3) is 0 Å². The fourth-order valence-electron chi connectivity index (χ4n) is 3.88. The summed E-state index contributed by atoms with van der Waals surface area (Å²) in [5.74, 6) is 0.355. The minimum absolute atomic E-state index is 0.0212. The molecule has 1 aliphatic heterocycles. The van der Waals surface area contributed by atoms with Crippen molar-refractivity contribution in [3.8, 4) is 0 Å². The van der Waals surface area contributed by atoms with Crippen LogP contribution in [0.4, 0.5) is 5.69 Å². The Bertz CT molecular complexity index is 654. The summed E-state index contributed by atoms with van der Waals surface area (Å²) in [6.07, 6.45) is 6.03. The number of nitrogens with one attached hydrogen (secondary N) is 1. The average Bonchev–Trinajstić information content (AvgIpc) is 2.95. The highest BCUT2D eigenvalue weighted by Crippen LogP contribution is 2.28. The van der Waals surface area contributed by atoms with Crippen molar-refractivity contribution in [3.63, 3.8) is 0 Å². The number of carbonyl (C=O) groups is 1. The van der Waals surface area contributed by atoms with Gasteiger partial charge >= 0.3 is 0 Å². The molecule has 1 aromatic rings. The Morgan fingerprint density at radius 2 is 1.75 bits per heavy atom. The standard InChI is InChI=1S/C18H26N2O3S/c21-18(13-19-15-7-3-1-4-8-15)20(16-9-5-2-6-10-16)17-11-12-24(22,23)14-17/h1,3-4,7-8,16-17,19H,2,5-6,9-14H2. The zero-order chi connectivity index (χ0) is 17.0. The SMILES string of the molecule is O=C(CNc1ccccc1)N(C1CCCCC1)C1CCS(=O)(=O)C1. The highest BCUT2D eigenvalue weighted by molar-refractivity contribution is 7.91. The Balaban J connectivity index is 1.69. The zero-order valence-electron chi connectivity index (χ0n) is 14.0. The molecule has 3 rings (SSSR count). The number of carbonyl (C=O) groups excluding carboxylic acids is 1. The average molecular weight is 350 g/mol. The first-order chi connectivity index (χ1) is 11.6. The molecule has 1 aliphatic carbocycles. The van der Waals surface area contributed by atoms with Crippen molar-refractivity contribution in [1.29, 1.82) is 0 Å². The van der Waals surface area contributed by atoms with Crippen LogP contribution in [0.2, 0.25) is 0 Å². The first-order valence-electron chi connectivity index (χ1n) is 8.86. The number of hydrogen-bond acceptors (Lipinski definition) is 4. The Labute approximate surface area is 144 Å². The fourth-order valence-corrected chi connectivity index (χ4v) is 5.60. The van der Waals surface area contributed by atoms with Crippen LogP contribution < -0.4 is 5.32 Å². The molecule has 2 fully saturated rings. The third kappa shape index (κ3) is 4.29. The number of rotatable bonds is 5. The molecule has 0 radical (unpaired) electrons. The predicted molar refractivity (Wildman–Crippen MR) is 95.7 cm³/mol. The molecule has 1 saturated carbocycles. The number of amides is 1. The summed E-state index contributed by atoms with van der Waals surface area (Å²) in [5.41, 5.74) is 0.911. The maximum atomic E-state index is 12.9. The second kappa shape index (κ2) is 7.55. The molecule has 1 amide bonds. The van der Waals surface area contributed by atoms with Crippen LogP contribution in [0.25, 0.3) is 0 Å². The van der Waals surface area contributed by atoms with Crippen LogP contribution in [0.5, 0.6) is 0 Å². The Hall–Kier alpha value is -1.56. The Morgan fingerprint density at radius 1 is 1.04 bits per heavy atom. The summed E-state index contributed by atoms with van der Waals surface area (Å²) < 4.78 is 23.8. The van der Waals surface area contributed by atoms with Crippen molar-refractivity contribution in [2.24, 2.45) is 0 Å². The predicted octanol–water partition coefficient (Wildman–Crippen LogP) is 2.45. The smallest absolute Gasteiger partial charge is 0.242 e. The molecule has 1 saturated heterocycles. The minimum atomic E-state index is -2.99. The normalized spacial score (nSPS) is 23.8. The van der Waals surface area contributed by atoms with Gasteiger partial charge in [-0.3, -0.25) is 4.79 Å². The molecule has 1 atom stereocenters. The second-order valence-corrected chi connectivity index (χ2v) is 9.10. The monoisotopic (exact) mass is 350 g/mol. The Morgan fingerprint density at radius 3 is 2.38 bits per heavy atom. The summed E-state index contributed by atoms with van der Waals surface area (Å²) in [6, 6.07) is 9.69. The van der Waals surface area contributed by atoms with Gasteiger partial charge in [-0.1, -0.05) is 37.5 Å². The minimum Gasteiger partial charge on any atom is -0.376 e. The molecule has 0 bridgehead atoms. The molecule has 2 aliphatic rings. The van der Waals surface area contributed by atoms with Crippen LogP contribution in [0.3, 0.4) is 0 Å². The van der Waals surface area contributed by atoms with Crippen molar-refractivity contribution in [2.45, 2.75) is 50.6 Å². The molecule has 24 heavy (non-hydrogen) atoms. The van der Waals surface area contributed by atoms with E-state index in [9.17, 15) is 13.2 Å². The zero-order valence-corrected chi connectivity index (χ0v) is 14.8. The fraction of sp³-hybridized carbons (Fsp3) is 0.611. The van der Waals surface area contributed by atoms with Gasteiger partial charge in [-0.05, 0) is 31.4 Å². The Kier molecular flexibility index (Phi) is 5.43. The maximum Gasteiger partial charge on any atom is 0.242 e. The molecule has 1 aromatic carbocycles. The van der Waals surface area contributed by atoms with Crippen molar-refractivity contribution < 1.29 is 13.2 Å². The van der Waals surface area contributed by atoms with Crippen LogP contribution in [0.15, 0.2) is 30.3 Å². The summed E-state index contributed by atoms with van der Waals surface area (Å²) in [4.78, 5) is 14.8. The number of nitrogens with zero attached hydrogens (tertiary/aromatic N) is 1. The van der Waals surface area contributed by atoms with Crippen LogP contribution in [-0.4, -0.2) is 49.4 Å². The van der Waals surface area contributed by atoms with Gasteiger partial charge in [0.15, 0.2) is 9.84 Å². The molecule has 1 unspecified atom stereocenters. The van der Waals surface area contributed by atoms with Crippen molar-refractivity contribution in [1.82, 2.24) is 4.90 Å². The van der Waals surface area contributed by atoms with E-state index < -0.39 is 9.84 Å². The third-order valence-corrected chi connectivity index (χ3v) is 6.83. The number of para-hydroxylation sites is 1. The van der Waals surface area contributed by atoms with E-state index in [2.05, 4.69) is 5.32 Å². The van der Waals surface area contributed by atoms with Gasteiger partial charge in [-0.2, -0.15) is 0 Å². The van der Waals surface area contributed by atoms with E-state index in [0.717, 1.165) is 31.4 Å². The molecule has 1 N–H and O–H groups in total. The maximum absolute atomic E-state index is 12.9. The van der Waals surface area contributed by atoms with E-state index in [1.54, 1.807) is 0 Å². The molecule has 0 spiro atoms. The van der Waals surface area contributed by atoms with E-state index in [4.69, 9.17) is 0 Å². The van der Waals surface area contributed by atoms with Crippen LogP contribution in [-0.2, 0) is 14.6 Å². The third-order valence-electron chi connectivity index (χ3n) is 5.08. The highest BCUT2D eigenvalue weighted by Gasteiger charge is 2.38. The van der Waals surface area contributed by atoms with Gasteiger partial charge in [-0.25, -0.2) is 8.42 Å². The molecule has 6 heteroatoms. The van der Waals surface area contributed by atoms with Gasteiger partial charge in [0.2, 0.25) is 5.91 Å².